The van der Waals surface area contributed by atoms with Crippen LogP contribution in [0.5, 0.6) is 0 Å². The monoisotopic (exact) mass is 218 g/mol. The van der Waals surface area contributed by atoms with Crippen LogP contribution in [0.15, 0.2) is 28.3 Å². The predicted molar refractivity (Wildman–Crippen MR) is 71.6 cm³/mol. The quantitative estimate of drug-likeness (QED) is 0.682. The smallest absolute Gasteiger partial charge is 0.0606 e. The van der Waals surface area contributed by atoms with Gasteiger partial charge in [0.1, 0.15) is 0 Å². The van der Waals surface area contributed by atoms with E-state index in [0.717, 1.165) is 19.4 Å². The first-order valence-electron chi connectivity index (χ1n) is 6.00. The van der Waals surface area contributed by atoms with Gasteiger partial charge in [0.15, 0.2) is 0 Å². The molecule has 1 unspecified atom stereocenters. The van der Waals surface area contributed by atoms with E-state index < -0.39 is 0 Å². The molecule has 0 aromatic carbocycles. The second-order valence-corrected chi connectivity index (χ2v) is 4.58. The molecule has 1 rings (SSSR count). The summed E-state index contributed by atoms with van der Waals surface area (Å²) >= 11 is 0. The SMILES string of the molecule is CCC(=N)/C=C\C(C)CC1=C(C)CN=C1C. The second kappa shape index (κ2) is 5.78. The lowest BCUT2D eigenvalue weighted by Crippen LogP contribution is -2.01. The molecule has 1 N–H and O–H groups in total. The van der Waals surface area contributed by atoms with E-state index in [9.17, 15) is 0 Å². The van der Waals surface area contributed by atoms with Gasteiger partial charge >= 0.3 is 0 Å². The predicted octanol–water partition coefficient (Wildman–Crippen LogP) is 3.79. The molecule has 1 aliphatic heterocycles. The molecular weight excluding hydrogens is 196 g/mol. The lowest BCUT2D eigenvalue weighted by molar-refractivity contribution is 0.729. The number of hydrogen-bond donors (Lipinski definition) is 1. The Kier molecular flexibility index (Phi) is 4.66. The lowest BCUT2D eigenvalue weighted by Gasteiger charge is -2.09. The van der Waals surface area contributed by atoms with Crippen molar-refractivity contribution >= 4 is 11.4 Å². The molecule has 0 spiro atoms. The molecule has 16 heavy (non-hydrogen) atoms. The molecule has 2 nitrogen and oxygen atoms in total. The highest BCUT2D eigenvalue weighted by Gasteiger charge is 2.14. The third-order valence-corrected chi connectivity index (χ3v) is 3.04. The maximum absolute atomic E-state index is 7.57. The van der Waals surface area contributed by atoms with Crippen LogP contribution < -0.4 is 0 Å². The van der Waals surface area contributed by atoms with E-state index in [-0.39, 0.29) is 0 Å². The van der Waals surface area contributed by atoms with Crippen LogP contribution in [0.3, 0.4) is 0 Å². The minimum absolute atomic E-state index is 0.486. The number of nitrogens with zero attached hydrogens (tertiary/aromatic N) is 1. The highest BCUT2D eigenvalue weighted by Crippen LogP contribution is 2.22. The fraction of sp³-hybridized carbons (Fsp3) is 0.571. The molecule has 1 atom stereocenters. The normalized spacial score (nSPS) is 18.1. The Hall–Kier alpha value is -1.18. The van der Waals surface area contributed by atoms with Gasteiger partial charge in [0, 0.05) is 11.4 Å². The van der Waals surface area contributed by atoms with Crippen molar-refractivity contribution < 1.29 is 0 Å². The van der Waals surface area contributed by atoms with E-state index in [0.29, 0.717) is 11.6 Å². The summed E-state index contributed by atoms with van der Waals surface area (Å²) in [6.45, 7) is 9.35. The zero-order valence-corrected chi connectivity index (χ0v) is 10.8. The largest absolute Gasteiger partial charge is 0.305 e. The molecule has 0 aliphatic carbocycles. The van der Waals surface area contributed by atoms with Gasteiger partial charge in [0.2, 0.25) is 0 Å². The van der Waals surface area contributed by atoms with Crippen LogP contribution in [0.2, 0.25) is 0 Å². The number of rotatable bonds is 5. The van der Waals surface area contributed by atoms with Gasteiger partial charge in [-0.25, -0.2) is 0 Å². The van der Waals surface area contributed by atoms with Gasteiger partial charge in [-0.1, -0.05) is 19.9 Å². The Morgan fingerprint density at radius 2 is 2.19 bits per heavy atom. The molecule has 1 heterocycles. The first kappa shape index (κ1) is 12.9. The van der Waals surface area contributed by atoms with Crippen LogP contribution in [0.1, 0.15) is 40.5 Å². The van der Waals surface area contributed by atoms with Gasteiger partial charge in [-0.2, -0.15) is 0 Å². The lowest BCUT2D eigenvalue weighted by atomic mass is 9.95. The van der Waals surface area contributed by atoms with Crippen molar-refractivity contribution in [2.24, 2.45) is 10.9 Å². The number of allylic oxidation sites excluding steroid dienone is 3. The van der Waals surface area contributed by atoms with Gasteiger partial charge in [0.05, 0.1) is 6.54 Å². The number of aliphatic imine (C=N–C) groups is 1. The molecule has 0 fully saturated rings. The molecule has 0 aromatic heterocycles. The van der Waals surface area contributed by atoms with Crippen LogP contribution >= 0.6 is 0 Å². The third-order valence-electron chi connectivity index (χ3n) is 3.04. The summed E-state index contributed by atoms with van der Waals surface area (Å²) in [5.41, 5.74) is 4.72. The van der Waals surface area contributed by atoms with E-state index in [1.807, 2.05) is 13.0 Å². The highest BCUT2D eigenvalue weighted by molar-refractivity contribution is 6.00. The molecule has 0 bridgehead atoms. The summed E-state index contributed by atoms with van der Waals surface area (Å²) in [6, 6.07) is 0. The average Bonchev–Trinajstić information content (AvgIpc) is 2.57. The Balaban J connectivity index is 2.55. The zero-order valence-electron chi connectivity index (χ0n) is 10.8. The molecule has 1 aliphatic rings. The third kappa shape index (κ3) is 3.44. The summed E-state index contributed by atoms with van der Waals surface area (Å²) in [5.74, 6) is 0.486. The van der Waals surface area contributed by atoms with Crippen molar-refractivity contribution in [3.8, 4) is 0 Å². The molecule has 0 amide bonds. The summed E-state index contributed by atoms with van der Waals surface area (Å²) in [5, 5.41) is 7.57. The van der Waals surface area contributed by atoms with Crippen LogP contribution in [0.4, 0.5) is 0 Å². The fourth-order valence-electron chi connectivity index (χ4n) is 1.85. The van der Waals surface area contributed by atoms with Gasteiger partial charge < -0.3 is 5.41 Å². The van der Waals surface area contributed by atoms with Crippen LogP contribution in [0.25, 0.3) is 0 Å². The zero-order chi connectivity index (χ0) is 12.1. The molecule has 0 saturated heterocycles. The van der Waals surface area contributed by atoms with E-state index in [4.69, 9.17) is 5.41 Å². The average molecular weight is 218 g/mol. The van der Waals surface area contributed by atoms with E-state index in [2.05, 4.69) is 31.8 Å². The van der Waals surface area contributed by atoms with Crippen molar-refractivity contribution in [3.63, 3.8) is 0 Å². The van der Waals surface area contributed by atoms with E-state index in [1.54, 1.807) is 0 Å². The number of nitrogens with one attached hydrogen (secondary N) is 1. The molecule has 0 radical (unpaired) electrons. The fourth-order valence-corrected chi connectivity index (χ4v) is 1.85. The van der Waals surface area contributed by atoms with Crippen LogP contribution in [-0.2, 0) is 0 Å². The first-order valence-corrected chi connectivity index (χ1v) is 6.00. The van der Waals surface area contributed by atoms with E-state index >= 15 is 0 Å². The molecular formula is C14H22N2. The number of hydrogen-bond acceptors (Lipinski definition) is 2. The van der Waals surface area contributed by atoms with Gasteiger partial charge in [0.25, 0.3) is 0 Å². The van der Waals surface area contributed by atoms with Crippen molar-refractivity contribution in [2.75, 3.05) is 6.54 Å². The summed E-state index contributed by atoms with van der Waals surface area (Å²) in [6.07, 6.45) is 5.93. The van der Waals surface area contributed by atoms with Crippen molar-refractivity contribution in [1.82, 2.24) is 0 Å². The summed E-state index contributed by atoms with van der Waals surface area (Å²) in [7, 11) is 0. The van der Waals surface area contributed by atoms with Crippen LogP contribution in [0, 0.1) is 11.3 Å². The standard InChI is InChI=1S/C14H22N2/c1-5-13(15)7-6-10(2)8-14-11(3)9-16-12(14)4/h6-7,10,15H,5,8-9H2,1-4H3/b7-6-,15-13?. The van der Waals surface area contributed by atoms with Crippen molar-refractivity contribution in [1.29, 1.82) is 5.41 Å². The summed E-state index contributed by atoms with van der Waals surface area (Å²) in [4.78, 5) is 4.44. The second-order valence-electron chi connectivity index (χ2n) is 4.58. The molecule has 88 valence electrons. The topological polar surface area (TPSA) is 36.2 Å². The Morgan fingerprint density at radius 1 is 1.50 bits per heavy atom. The maximum Gasteiger partial charge on any atom is 0.0606 e. The minimum Gasteiger partial charge on any atom is -0.305 e. The Bertz CT molecular complexity index is 359. The Morgan fingerprint density at radius 3 is 2.69 bits per heavy atom. The first-order chi connectivity index (χ1) is 7.54. The summed E-state index contributed by atoms with van der Waals surface area (Å²) < 4.78 is 0. The maximum atomic E-state index is 7.57. The van der Waals surface area contributed by atoms with Gasteiger partial charge in [-0.15, -0.1) is 0 Å². The Labute approximate surface area is 98.7 Å². The molecule has 0 saturated carbocycles. The highest BCUT2D eigenvalue weighted by atomic mass is 14.8. The molecule has 2 heteroatoms. The van der Waals surface area contributed by atoms with Gasteiger partial charge in [-0.3, -0.25) is 4.99 Å². The minimum atomic E-state index is 0.486. The van der Waals surface area contributed by atoms with E-state index in [1.165, 1.54) is 16.9 Å². The molecule has 0 aromatic rings. The van der Waals surface area contributed by atoms with Gasteiger partial charge in [-0.05, 0) is 49.8 Å². The van der Waals surface area contributed by atoms with Crippen LogP contribution in [-0.4, -0.2) is 18.0 Å². The van der Waals surface area contributed by atoms with Crippen molar-refractivity contribution in [2.45, 2.75) is 40.5 Å². The van der Waals surface area contributed by atoms with Crippen molar-refractivity contribution in [3.05, 3.63) is 23.3 Å².